The lowest BCUT2D eigenvalue weighted by Gasteiger charge is -2.37. The van der Waals surface area contributed by atoms with Crippen LogP contribution in [0, 0.1) is 5.82 Å². The number of benzene rings is 2. The third-order valence-electron chi connectivity index (χ3n) is 8.40. The smallest absolute Gasteiger partial charge is 0.248 e. The van der Waals surface area contributed by atoms with Crippen molar-refractivity contribution in [2.24, 2.45) is 0 Å². The van der Waals surface area contributed by atoms with Gasteiger partial charge in [-0.2, -0.15) is 4.31 Å². The maximum Gasteiger partial charge on any atom is 0.248 e. The summed E-state index contributed by atoms with van der Waals surface area (Å²) in [4.78, 5) is 14.9. The van der Waals surface area contributed by atoms with E-state index >= 15 is 0 Å². The van der Waals surface area contributed by atoms with Crippen LogP contribution in [-0.2, 0) is 14.8 Å². The van der Waals surface area contributed by atoms with Crippen LogP contribution in [0.5, 0.6) is 0 Å². The van der Waals surface area contributed by atoms with Crippen molar-refractivity contribution in [2.45, 2.75) is 86.6 Å². The summed E-state index contributed by atoms with van der Waals surface area (Å²) >= 11 is 0. The lowest BCUT2D eigenvalue weighted by Crippen LogP contribution is -2.50. The second kappa shape index (κ2) is 10.1. The van der Waals surface area contributed by atoms with E-state index in [1.54, 1.807) is 37.4 Å². The summed E-state index contributed by atoms with van der Waals surface area (Å²) in [5.74, 6) is -3.25. The van der Waals surface area contributed by atoms with Crippen LogP contribution < -0.4 is 0 Å². The highest BCUT2D eigenvalue weighted by atomic mass is 32.2. The second-order valence-electron chi connectivity index (χ2n) is 10.7. The standard InChI is InChI=1S/C28H33F3N2O3S/c1-32(21-13-15-28(30,31)16-14-21)27(34)25-10-5-17-33(25)37(35,36)26-12-11-20(19-6-4-7-19)18-23(26)22-8-2-3-9-24(22)29/h2-3,8-9,11-12,18-19,21,25H,4-7,10,13-17H2,1H3/t25-/m0/s1. The van der Waals surface area contributed by atoms with Gasteiger partial charge in [-0.25, -0.2) is 21.6 Å². The summed E-state index contributed by atoms with van der Waals surface area (Å²) in [6.45, 7) is 0.177. The van der Waals surface area contributed by atoms with Gasteiger partial charge in [0.05, 0.1) is 4.90 Å². The van der Waals surface area contributed by atoms with E-state index in [4.69, 9.17) is 0 Å². The van der Waals surface area contributed by atoms with Crippen molar-refractivity contribution in [2.75, 3.05) is 13.6 Å². The molecule has 0 aromatic heterocycles. The van der Waals surface area contributed by atoms with Gasteiger partial charge in [-0.3, -0.25) is 4.79 Å². The molecule has 9 heteroatoms. The van der Waals surface area contributed by atoms with Gasteiger partial charge in [-0.15, -0.1) is 0 Å². The molecule has 3 fully saturated rings. The fraction of sp³-hybridized carbons (Fsp3) is 0.536. The molecular weight excluding hydrogens is 501 g/mol. The van der Waals surface area contributed by atoms with Crippen LogP contribution in [0.2, 0.25) is 0 Å². The number of nitrogens with zero attached hydrogens (tertiary/aromatic N) is 2. The van der Waals surface area contributed by atoms with Crippen LogP contribution in [0.1, 0.15) is 69.3 Å². The molecule has 5 nitrogen and oxygen atoms in total. The fourth-order valence-corrected chi connectivity index (χ4v) is 7.73. The first-order chi connectivity index (χ1) is 17.6. The molecule has 1 amide bonds. The second-order valence-corrected chi connectivity index (χ2v) is 12.5. The Bertz CT molecular complexity index is 1270. The molecule has 1 aliphatic heterocycles. The molecule has 2 saturated carbocycles. The molecule has 2 aromatic carbocycles. The van der Waals surface area contributed by atoms with Crippen LogP contribution >= 0.6 is 0 Å². The fourth-order valence-electron chi connectivity index (χ4n) is 5.89. The van der Waals surface area contributed by atoms with Gasteiger partial charge in [0.2, 0.25) is 21.9 Å². The van der Waals surface area contributed by atoms with Gasteiger partial charge in [0.25, 0.3) is 0 Å². The van der Waals surface area contributed by atoms with Crippen molar-refractivity contribution in [3.05, 3.63) is 53.8 Å². The molecule has 0 N–H and O–H groups in total. The molecule has 0 bridgehead atoms. The molecule has 3 aliphatic rings. The molecule has 5 rings (SSSR count). The predicted octanol–water partition coefficient (Wildman–Crippen LogP) is 5.95. The summed E-state index contributed by atoms with van der Waals surface area (Å²) in [6, 6.07) is 10.0. The SMILES string of the molecule is CN(C(=O)[C@@H]1CCCN1S(=O)(=O)c1ccc(C2CCC2)cc1-c1ccccc1F)C1CCC(F)(F)CC1. The summed E-state index contributed by atoms with van der Waals surface area (Å²) in [5, 5.41) is 0. The number of alkyl halides is 2. The van der Waals surface area contributed by atoms with E-state index in [9.17, 15) is 26.4 Å². The highest BCUT2D eigenvalue weighted by Crippen LogP contribution is 2.41. The molecule has 1 atom stereocenters. The zero-order chi connectivity index (χ0) is 26.4. The average Bonchev–Trinajstić information content (AvgIpc) is 3.33. The number of hydrogen-bond acceptors (Lipinski definition) is 3. The minimum Gasteiger partial charge on any atom is -0.341 e. The molecular formula is C28H33F3N2O3S. The zero-order valence-corrected chi connectivity index (χ0v) is 21.8. The average molecular weight is 535 g/mol. The van der Waals surface area contributed by atoms with Crippen molar-refractivity contribution in [1.82, 2.24) is 9.21 Å². The zero-order valence-electron chi connectivity index (χ0n) is 21.0. The maximum absolute atomic E-state index is 14.9. The van der Waals surface area contributed by atoms with Crippen molar-refractivity contribution in [3.63, 3.8) is 0 Å². The number of halogens is 3. The Labute approximate surface area is 216 Å². The van der Waals surface area contributed by atoms with Crippen LogP contribution in [-0.4, -0.2) is 55.1 Å². The van der Waals surface area contributed by atoms with E-state index in [1.165, 1.54) is 15.3 Å². The van der Waals surface area contributed by atoms with Crippen LogP contribution in [0.15, 0.2) is 47.4 Å². The molecule has 200 valence electrons. The van der Waals surface area contributed by atoms with Crippen molar-refractivity contribution >= 4 is 15.9 Å². The van der Waals surface area contributed by atoms with Crippen molar-refractivity contribution < 1.29 is 26.4 Å². The molecule has 0 unspecified atom stereocenters. The van der Waals surface area contributed by atoms with E-state index < -0.39 is 27.8 Å². The number of amides is 1. The highest BCUT2D eigenvalue weighted by Gasteiger charge is 2.44. The lowest BCUT2D eigenvalue weighted by molar-refractivity contribution is -0.138. The van der Waals surface area contributed by atoms with E-state index in [0.717, 1.165) is 24.8 Å². The van der Waals surface area contributed by atoms with Crippen LogP contribution in [0.25, 0.3) is 11.1 Å². The van der Waals surface area contributed by atoms with Gasteiger partial charge < -0.3 is 4.90 Å². The quantitative estimate of drug-likeness (QED) is 0.460. The van der Waals surface area contributed by atoms with E-state index in [-0.39, 0.29) is 54.6 Å². The number of carbonyl (C=O) groups excluding carboxylic acids is 1. The molecule has 0 spiro atoms. The van der Waals surface area contributed by atoms with Crippen molar-refractivity contribution in [3.8, 4) is 11.1 Å². The maximum atomic E-state index is 14.9. The van der Waals surface area contributed by atoms with Gasteiger partial charge in [0, 0.05) is 43.6 Å². The van der Waals surface area contributed by atoms with Gasteiger partial charge >= 0.3 is 0 Å². The van der Waals surface area contributed by atoms with Gasteiger partial charge in [0.1, 0.15) is 11.9 Å². The Kier molecular flexibility index (Phi) is 7.13. The Balaban J connectivity index is 1.46. The molecule has 0 radical (unpaired) electrons. The van der Waals surface area contributed by atoms with E-state index in [1.807, 2.05) is 6.07 Å². The van der Waals surface area contributed by atoms with Gasteiger partial charge in [-0.05, 0) is 68.2 Å². The minimum absolute atomic E-state index is 0.0136. The molecule has 1 heterocycles. The number of rotatable bonds is 6. The van der Waals surface area contributed by atoms with E-state index in [0.29, 0.717) is 24.3 Å². The van der Waals surface area contributed by atoms with E-state index in [2.05, 4.69) is 0 Å². The largest absolute Gasteiger partial charge is 0.341 e. The normalized spacial score (nSPS) is 23.1. The van der Waals surface area contributed by atoms with Crippen LogP contribution in [0.3, 0.4) is 0 Å². The van der Waals surface area contributed by atoms with Crippen molar-refractivity contribution in [1.29, 1.82) is 0 Å². The number of hydrogen-bond donors (Lipinski definition) is 0. The Morgan fingerprint density at radius 1 is 0.973 bits per heavy atom. The lowest BCUT2D eigenvalue weighted by atomic mass is 9.79. The third kappa shape index (κ3) is 5.04. The Hall–Kier alpha value is -2.39. The molecule has 37 heavy (non-hydrogen) atoms. The number of carbonyl (C=O) groups is 1. The predicted molar refractivity (Wildman–Crippen MR) is 135 cm³/mol. The third-order valence-corrected chi connectivity index (χ3v) is 10.4. The summed E-state index contributed by atoms with van der Waals surface area (Å²) in [5.41, 5.74) is 1.51. The Morgan fingerprint density at radius 2 is 1.68 bits per heavy atom. The first-order valence-electron chi connectivity index (χ1n) is 13.1. The molecule has 1 saturated heterocycles. The Morgan fingerprint density at radius 3 is 2.32 bits per heavy atom. The monoisotopic (exact) mass is 534 g/mol. The van der Waals surface area contributed by atoms with Crippen LogP contribution in [0.4, 0.5) is 13.2 Å². The highest BCUT2D eigenvalue weighted by molar-refractivity contribution is 7.89. The minimum atomic E-state index is -4.14. The first kappa shape index (κ1) is 26.2. The van der Waals surface area contributed by atoms with Gasteiger partial charge in [-0.1, -0.05) is 30.7 Å². The molecule has 2 aromatic rings. The number of likely N-dealkylation sites (N-methyl/N-ethyl adjacent to an activating group) is 1. The summed E-state index contributed by atoms with van der Waals surface area (Å²) in [7, 11) is -2.56. The van der Waals surface area contributed by atoms with Gasteiger partial charge in [0.15, 0.2) is 0 Å². The summed E-state index contributed by atoms with van der Waals surface area (Å²) in [6.07, 6.45) is 3.85. The molecule has 2 aliphatic carbocycles. The first-order valence-corrected chi connectivity index (χ1v) is 14.6. The summed E-state index contributed by atoms with van der Waals surface area (Å²) < 4.78 is 71.5. The number of sulfonamides is 1. The topological polar surface area (TPSA) is 57.7 Å².